The van der Waals surface area contributed by atoms with E-state index in [-0.39, 0.29) is 12.0 Å². The normalized spacial score (nSPS) is 16.5. The molecule has 0 radical (unpaired) electrons. The molecule has 3 aromatic rings. The monoisotopic (exact) mass is 396 g/mol. The lowest BCUT2D eigenvalue weighted by Gasteiger charge is -2.23. The molecule has 2 heterocycles. The van der Waals surface area contributed by atoms with Crippen LogP contribution in [-0.2, 0) is 4.74 Å². The smallest absolute Gasteiger partial charge is 0.260 e. The number of nitrogens with zero attached hydrogens (tertiary/aromatic N) is 2. The summed E-state index contributed by atoms with van der Waals surface area (Å²) in [6, 6.07) is 11.6. The molecule has 5 nitrogen and oxygen atoms in total. The van der Waals surface area contributed by atoms with Gasteiger partial charge in [0.15, 0.2) is 5.13 Å². The maximum absolute atomic E-state index is 13.4. The Morgan fingerprint density at radius 2 is 2.18 bits per heavy atom. The Labute approximate surface area is 168 Å². The lowest BCUT2D eigenvalue weighted by atomic mass is 10.1. The van der Waals surface area contributed by atoms with E-state index >= 15 is 0 Å². The number of thiazole rings is 1. The van der Waals surface area contributed by atoms with Gasteiger partial charge in [0, 0.05) is 12.2 Å². The molecule has 1 amide bonds. The number of fused-ring (bicyclic) bond motifs is 1. The molecule has 4 rings (SSSR count). The first kappa shape index (κ1) is 18.9. The van der Waals surface area contributed by atoms with Gasteiger partial charge in [-0.15, -0.1) is 0 Å². The van der Waals surface area contributed by atoms with Crippen LogP contribution in [0.3, 0.4) is 0 Å². The average Bonchev–Trinajstić information content (AvgIpc) is 3.36. The van der Waals surface area contributed by atoms with Crippen LogP contribution in [0.15, 0.2) is 36.4 Å². The van der Waals surface area contributed by atoms with Gasteiger partial charge in [-0.1, -0.05) is 35.1 Å². The summed E-state index contributed by atoms with van der Waals surface area (Å²) in [7, 11) is 1.64. The predicted molar refractivity (Wildman–Crippen MR) is 113 cm³/mol. The van der Waals surface area contributed by atoms with Gasteiger partial charge < -0.3 is 9.47 Å². The van der Waals surface area contributed by atoms with E-state index in [0.29, 0.717) is 17.2 Å². The number of amides is 1. The molecular weight excluding hydrogens is 372 g/mol. The average molecular weight is 397 g/mol. The first-order valence-corrected chi connectivity index (χ1v) is 10.3. The number of benzene rings is 2. The molecule has 6 heteroatoms. The van der Waals surface area contributed by atoms with Gasteiger partial charge in [0.2, 0.25) is 0 Å². The van der Waals surface area contributed by atoms with E-state index in [9.17, 15) is 4.79 Å². The maximum atomic E-state index is 13.4. The molecule has 28 heavy (non-hydrogen) atoms. The fraction of sp³-hybridized carbons (Fsp3) is 0.364. The van der Waals surface area contributed by atoms with Crippen LogP contribution in [0.1, 0.15) is 34.3 Å². The van der Waals surface area contributed by atoms with E-state index in [1.54, 1.807) is 12.0 Å². The van der Waals surface area contributed by atoms with E-state index in [1.165, 1.54) is 11.3 Å². The topological polar surface area (TPSA) is 51.7 Å². The van der Waals surface area contributed by atoms with Crippen molar-refractivity contribution in [2.24, 2.45) is 0 Å². The second-order valence-electron chi connectivity index (χ2n) is 7.18. The zero-order chi connectivity index (χ0) is 19.7. The predicted octanol–water partition coefficient (Wildman–Crippen LogP) is 4.75. The molecule has 2 aromatic carbocycles. The highest BCUT2D eigenvalue weighted by Gasteiger charge is 2.27. The molecule has 1 aromatic heterocycles. The largest absolute Gasteiger partial charge is 0.494 e. The van der Waals surface area contributed by atoms with Crippen LogP contribution in [0.25, 0.3) is 10.2 Å². The zero-order valence-electron chi connectivity index (χ0n) is 16.4. The van der Waals surface area contributed by atoms with Crippen molar-refractivity contribution in [3.63, 3.8) is 0 Å². The van der Waals surface area contributed by atoms with Gasteiger partial charge in [-0.3, -0.25) is 9.69 Å². The number of hydrogen-bond donors (Lipinski definition) is 0. The standard InChI is InChI=1S/C22H24N2O3S/c1-14-6-4-7-16(12-14)21(25)24(13-17-8-5-11-27-17)22-23-19-18(26-3)10-9-15(2)20(19)28-22/h4,6-7,9-10,12,17H,5,8,11,13H2,1-3H3. The minimum absolute atomic E-state index is 0.0452. The molecule has 1 unspecified atom stereocenters. The molecular formula is C22H24N2O3S. The van der Waals surface area contributed by atoms with Crippen molar-refractivity contribution in [3.8, 4) is 5.75 Å². The maximum Gasteiger partial charge on any atom is 0.260 e. The molecule has 146 valence electrons. The van der Waals surface area contributed by atoms with Crippen LogP contribution in [0.4, 0.5) is 5.13 Å². The summed E-state index contributed by atoms with van der Waals surface area (Å²) in [5, 5.41) is 0.685. The van der Waals surface area contributed by atoms with Gasteiger partial charge in [-0.2, -0.15) is 0 Å². The third-order valence-corrected chi connectivity index (χ3v) is 6.28. The van der Waals surface area contributed by atoms with Crippen LogP contribution in [0, 0.1) is 13.8 Å². The van der Waals surface area contributed by atoms with Crippen molar-refractivity contribution in [3.05, 3.63) is 53.1 Å². The second kappa shape index (κ2) is 7.89. The molecule has 1 aliphatic heterocycles. The lowest BCUT2D eigenvalue weighted by molar-refractivity contribution is 0.0917. The van der Waals surface area contributed by atoms with Crippen molar-refractivity contribution in [1.29, 1.82) is 0 Å². The SMILES string of the molecule is COc1ccc(C)c2sc(N(CC3CCCO3)C(=O)c3cccc(C)c3)nc12. The summed E-state index contributed by atoms with van der Waals surface area (Å²) < 4.78 is 12.3. The van der Waals surface area contributed by atoms with Crippen molar-refractivity contribution in [2.45, 2.75) is 32.8 Å². The third-order valence-electron chi connectivity index (χ3n) is 5.06. The molecule has 1 atom stereocenters. The van der Waals surface area contributed by atoms with Crippen molar-refractivity contribution >= 4 is 32.6 Å². The summed E-state index contributed by atoms with van der Waals surface area (Å²) in [5.74, 6) is 0.679. The Hall–Kier alpha value is -2.44. The number of hydrogen-bond acceptors (Lipinski definition) is 5. The van der Waals surface area contributed by atoms with E-state index in [1.807, 2.05) is 43.3 Å². The number of aryl methyl sites for hydroxylation is 2. The Kier molecular flexibility index (Phi) is 5.33. The van der Waals surface area contributed by atoms with Gasteiger partial charge in [0.05, 0.1) is 24.5 Å². The number of anilines is 1. The quantitative estimate of drug-likeness (QED) is 0.625. The molecule has 0 aliphatic carbocycles. The number of carbonyl (C=O) groups excluding carboxylic acids is 1. The molecule has 0 spiro atoms. The van der Waals surface area contributed by atoms with E-state index in [2.05, 4.69) is 6.92 Å². The first-order valence-electron chi connectivity index (χ1n) is 9.51. The van der Waals surface area contributed by atoms with Crippen LogP contribution in [0.5, 0.6) is 5.75 Å². The lowest BCUT2D eigenvalue weighted by Crippen LogP contribution is -2.37. The molecule has 1 fully saturated rings. The number of aromatic nitrogens is 1. The Morgan fingerprint density at radius 1 is 1.32 bits per heavy atom. The van der Waals surface area contributed by atoms with E-state index < -0.39 is 0 Å². The highest BCUT2D eigenvalue weighted by molar-refractivity contribution is 7.22. The fourth-order valence-corrected chi connectivity index (χ4v) is 4.61. The van der Waals surface area contributed by atoms with Crippen molar-refractivity contribution in [1.82, 2.24) is 4.98 Å². The third kappa shape index (κ3) is 3.62. The van der Waals surface area contributed by atoms with E-state index in [0.717, 1.165) is 46.5 Å². The van der Waals surface area contributed by atoms with Crippen molar-refractivity contribution < 1.29 is 14.3 Å². The summed E-state index contributed by atoms with van der Waals surface area (Å²) in [4.78, 5) is 20.0. The summed E-state index contributed by atoms with van der Waals surface area (Å²) in [5.41, 5.74) is 3.65. The minimum Gasteiger partial charge on any atom is -0.494 e. The van der Waals surface area contributed by atoms with Crippen LogP contribution >= 0.6 is 11.3 Å². The number of ether oxygens (including phenoxy) is 2. The summed E-state index contributed by atoms with van der Waals surface area (Å²) in [6.45, 7) is 5.31. The van der Waals surface area contributed by atoms with Crippen molar-refractivity contribution in [2.75, 3.05) is 25.2 Å². The first-order chi connectivity index (χ1) is 13.6. The van der Waals surface area contributed by atoms with Gasteiger partial charge in [0.25, 0.3) is 5.91 Å². The fourth-order valence-electron chi connectivity index (χ4n) is 3.55. The minimum atomic E-state index is -0.0464. The van der Waals surface area contributed by atoms with E-state index in [4.69, 9.17) is 14.5 Å². The number of methoxy groups -OCH3 is 1. The Bertz CT molecular complexity index is 1010. The highest BCUT2D eigenvalue weighted by Crippen LogP contribution is 2.37. The van der Waals surface area contributed by atoms with Crippen LogP contribution < -0.4 is 9.64 Å². The molecule has 0 N–H and O–H groups in total. The van der Waals surface area contributed by atoms with Crippen LogP contribution in [-0.4, -0.2) is 37.3 Å². The summed E-state index contributed by atoms with van der Waals surface area (Å²) >= 11 is 1.53. The van der Waals surface area contributed by atoms with Gasteiger partial charge in [-0.25, -0.2) is 4.98 Å². The molecule has 1 saturated heterocycles. The molecule has 1 aliphatic rings. The number of carbonyl (C=O) groups is 1. The second-order valence-corrected chi connectivity index (χ2v) is 8.16. The molecule has 0 saturated carbocycles. The van der Waals surface area contributed by atoms with Crippen LogP contribution in [0.2, 0.25) is 0 Å². The molecule has 0 bridgehead atoms. The number of rotatable bonds is 5. The van der Waals surface area contributed by atoms with Gasteiger partial charge >= 0.3 is 0 Å². The van der Waals surface area contributed by atoms with Gasteiger partial charge in [-0.05, 0) is 50.5 Å². The summed E-state index contributed by atoms with van der Waals surface area (Å²) in [6.07, 6.45) is 2.04. The Morgan fingerprint density at radius 3 is 2.89 bits per heavy atom. The Balaban J connectivity index is 1.77. The zero-order valence-corrected chi connectivity index (χ0v) is 17.2. The highest BCUT2D eigenvalue weighted by atomic mass is 32.1. The van der Waals surface area contributed by atoms with Gasteiger partial charge in [0.1, 0.15) is 11.3 Å².